The average molecular weight is 310 g/mol. The molecule has 0 unspecified atom stereocenters. The maximum absolute atomic E-state index is 5.64. The Balaban J connectivity index is 2.17. The smallest absolute Gasteiger partial charge is 0.219 e. The third-order valence-electron chi connectivity index (χ3n) is 2.30. The number of ether oxygens (including phenoxy) is 3. The highest BCUT2D eigenvalue weighted by Crippen LogP contribution is 2.32. The molecule has 5 heteroatoms. The van der Waals surface area contributed by atoms with E-state index in [9.17, 15) is 0 Å². The van der Waals surface area contributed by atoms with Crippen LogP contribution in [0.2, 0.25) is 0 Å². The monoisotopic (exact) mass is 309 g/mol. The van der Waals surface area contributed by atoms with E-state index in [4.69, 9.17) is 14.2 Å². The van der Waals surface area contributed by atoms with E-state index in [-0.39, 0.29) is 0 Å². The van der Waals surface area contributed by atoms with Crippen LogP contribution < -0.4 is 14.2 Å². The summed E-state index contributed by atoms with van der Waals surface area (Å²) in [7, 11) is 3.21. The molecule has 0 aliphatic carbocycles. The lowest BCUT2D eigenvalue weighted by Crippen LogP contribution is -1.90. The van der Waals surface area contributed by atoms with Crippen molar-refractivity contribution < 1.29 is 14.2 Å². The summed E-state index contributed by atoms with van der Waals surface area (Å²) < 4.78 is 16.6. The van der Waals surface area contributed by atoms with Gasteiger partial charge >= 0.3 is 0 Å². The number of pyridine rings is 1. The van der Waals surface area contributed by atoms with Crippen molar-refractivity contribution in [2.75, 3.05) is 14.2 Å². The van der Waals surface area contributed by atoms with E-state index in [1.165, 1.54) is 0 Å². The van der Waals surface area contributed by atoms with Crippen molar-refractivity contribution in [3.05, 3.63) is 41.0 Å². The van der Waals surface area contributed by atoms with Crippen LogP contribution in [0.25, 0.3) is 0 Å². The fourth-order valence-electron chi connectivity index (χ4n) is 1.35. The van der Waals surface area contributed by atoms with Gasteiger partial charge in [-0.1, -0.05) is 0 Å². The molecule has 0 saturated heterocycles. The molecule has 2 rings (SSSR count). The number of hydrogen-bond acceptors (Lipinski definition) is 4. The number of aromatic nitrogens is 1. The third kappa shape index (κ3) is 2.92. The minimum Gasteiger partial charge on any atom is -0.497 e. The van der Waals surface area contributed by atoms with Crippen molar-refractivity contribution in [1.29, 1.82) is 0 Å². The fraction of sp³-hybridized carbons (Fsp3) is 0.154. The molecule has 0 bridgehead atoms. The molecule has 0 saturated carbocycles. The molecule has 1 aromatic heterocycles. The van der Waals surface area contributed by atoms with Gasteiger partial charge < -0.3 is 14.2 Å². The average Bonchev–Trinajstić information content (AvgIpc) is 2.42. The molecule has 2 aromatic rings. The lowest BCUT2D eigenvalue weighted by Gasteiger charge is -2.08. The molecular formula is C13H12BrNO3. The van der Waals surface area contributed by atoms with Gasteiger partial charge in [0.1, 0.15) is 17.2 Å². The zero-order valence-corrected chi connectivity index (χ0v) is 11.6. The number of rotatable bonds is 4. The van der Waals surface area contributed by atoms with E-state index in [1.807, 2.05) is 18.2 Å². The highest BCUT2D eigenvalue weighted by Gasteiger charge is 2.05. The highest BCUT2D eigenvalue weighted by molar-refractivity contribution is 9.10. The van der Waals surface area contributed by atoms with Crippen LogP contribution >= 0.6 is 15.9 Å². The van der Waals surface area contributed by atoms with Crippen molar-refractivity contribution >= 4 is 15.9 Å². The maximum atomic E-state index is 5.64. The molecule has 0 atom stereocenters. The van der Waals surface area contributed by atoms with Crippen LogP contribution in [-0.2, 0) is 0 Å². The summed E-state index contributed by atoms with van der Waals surface area (Å²) >= 11 is 3.42. The van der Waals surface area contributed by atoms with Gasteiger partial charge in [-0.3, -0.25) is 0 Å². The molecule has 0 fully saturated rings. The molecule has 18 heavy (non-hydrogen) atoms. The first-order valence-corrected chi connectivity index (χ1v) is 6.03. The summed E-state index contributed by atoms with van der Waals surface area (Å²) in [5.41, 5.74) is 0. The first-order valence-electron chi connectivity index (χ1n) is 5.24. The van der Waals surface area contributed by atoms with Crippen LogP contribution in [0.15, 0.2) is 41.0 Å². The SMILES string of the molecule is COc1ccc(Oc2ccc(OC)cc2Br)nc1. The van der Waals surface area contributed by atoms with Gasteiger partial charge in [0.15, 0.2) is 0 Å². The van der Waals surface area contributed by atoms with Gasteiger partial charge in [-0.2, -0.15) is 0 Å². The van der Waals surface area contributed by atoms with Crippen LogP contribution in [0, 0.1) is 0 Å². The molecule has 0 aliphatic rings. The van der Waals surface area contributed by atoms with Crippen molar-refractivity contribution in [2.45, 2.75) is 0 Å². The number of nitrogens with zero attached hydrogens (tertiary/aromatic N) is 1. The summed E-state index contributed by atoms with van der Waals surface area (Å²) in [4.78, 5) is 4.13. The quantitative estimate of drug-likeness (QED) is 0.864. The molecule has 0 spiro atoms. The predicted molar refractivity (Wildman–Crippen MR) is 71.6 cm³/mol. The molecule has 0 amide bonds. The zero-order valence-electron chi connectivity index (χ0n) is 10.0. The van der Waals surface area contributed by atoms with Gasteiger partial charge in [0.25, 0.3) is 0 Å². The van der Waals surface area contributed by atoms with E-state index < -0.39 is 0 Å². The van der Waals surface area contributed by atoms with Crippen molar-refractivity contribution in [2.24, 2.45) is 0 Å². The van der Waals surface area contributed by atoms with E-state index in [1.54, 1.807) is 32.5 Å². The Labute approximate surface area is 114 Å². The van der Waals surface area contributed by atoms with E-state index in [2.05, 4.69) is 20.9 Å². The Morgan fingerprint density at radius 3 is 2.28 bits per heavy atom. The summed E-state index contributed by atoms with van der Waals surface area (Å²) in [6.07, 6.45) is 1.60. The molecular weight excluding hydrogens is 298 g/mol. The molecule has 94 valence electrons. The number of methoxy groups -OCH3 is 2. The normalized spacial score (nSPS) is 9.94. The Kier molecular flexibility index (Phi) is 4.04. The van der Waals surface area contributed by atoms with Gasteiger partial charge in [-0.25, -0.2) is 4.98 Å². The van der Waals surface area contributed by atoms with Gasteiger partial charge in [0.2, 0.25) is 5.88 Å². The van der Waals surface area contributed by atoms with Gasteiger partial charge in [0, 0.05) is 6.07 Å². The Bertz CT molecular complexity index is 528. The first-order chi connectivity index (χ1) is 8.72. The molecule has 4 nitrogen and oxygen atoms in total. The standard InChI is InChI=1S/C13H12BrNO3/c1-16-9-3-5-12(11(14)7-9)18-13-6-4-10(17-2)8-15-13/h3-8H,1-2H3. The molecule has 1 heterocycles. The van der Waals surface area contributed by atoms with Crippen LogP contribution in [-0.4, -0.2) is 19.2 Å². The van der Waals surface area contributed by atoms with Gasteiger partial charge in [0.05, 0.1) is 24.9 Å². The van der Waals surface area contributed by atoms with Gasteiger partial charge in [-0.15, -0.1) is 0 Å². The van der Waals surface area contributed by atoms with Crippen LogP contribution in [0.1, 0.15) is 0 Å². The maximum Gasteiger partial charge on any atom is 0.219 e. The predicted octanol–water partition coefficient (Wildman–Crippen LogP) is 3.65. The van der Waals surface area contributed by atoms with E-state index in [0.29, 0.717) is 17.4 Å². The topological polar surface area (TPSA) is 40.6 Å². The lowest BCUT2D eigenvalue weighted by molar-refractivity contribution is 0.405. The Morgan fingerprint density at radius 1 is 1.00 bits per heavy atom. The molecule has 0 N–H and O–H groups in total. The number of hydrogen-bond donors (Lipinski definition) is 0. The highest BCUT2D eigenvalue weighted by atomic mass is 79.9. The van der Waals surface area contributed by atoms with Gasteiger partial charge in [-0.05, 0) is 40.2 Å². The van der Waals surface area contributed by atoms with Crippen molar-refractivity contribution in [3.63, 3.8) is 0 Å². The Hall–Kier alpha value is -1.75. The second-order valence-electron chi connectivity index (χ2n) is 3.43. The van der Waals surface area contributed by atoms with Crippen molar-refractivity contribution in [1.82, 2.24) is 4.98 Å². The van der Waals surface area contributed by atoms with Crippen LogP contribution in [0.4, 0.5) is 0 Å². The molecule has 0 aliphatic heterocycles. The summed E-state index contributed by atoms with van der Waals surface area (Å²) in [5.74, 6) is 2.63. The second-order valence-corrected chi connectivity index (χ2v) is 4.29. The second kappa shape index (κ2) is 5.73. The molecule has 0 radical (unpaired) electrons. The minimum absolute atomic E-state index is 0.502. The van der Waals surface area contributed by atoms with Crippen molar-refractivity contribution in [3.8, 4) is 23.1 Å². The summed E-state index contributed by atoms with van der Waals surface area (Å²) in [6, 6.07) is 9.01. The summed E-state index contributed by atoms with van der Waals surface area (Å²) in [6.45, 7) is 0. The fourth-order valence-corrected chi connectivity index (χ4v) is 1.79. The number of benzene rings is 1. The van der Waals surface area contributed by atoms with E-state index >= 15 is 0 Å². The van der Waals surface area contributed by atoms with E-state index in [0.717, 1.165) is 10.2 Å². The lowest BCUT2D eigenvalue weighted by atomic mass is 10.3. The van der Waals surface area contributed by atoms with Crippen LogP contribution in [0.5, 0.6) is 23.1 Å². The zero-order chi connectivity index (χ0) is 13.0. The Morgan fingerprint density at radius 2 is 1.72 bits per heavy atom. The molecule has 1 aromatic carbocycles. The van der Waals surface area contributed by atoms with Crippen LogP contribution in [0.3, 0.4) is 0 Å². The summed E-state index contributed by atoms with van der Waals surface area (Å²) in [5, 5.41) is 0. The third-order valence-corrected chi connectivity index (χ3v) is 2.92. The first kappa shape index (κ1) is 12.7. The number of halogens is 1. The minimum atomic E-state index is 0.502. The largest absolute Gasteiger partial charge is 0.497 e.